The molecule has 0 aliphatic heterocycles. The van der Waals surface area contributed by atoms with Crippen LogP contribution in [-0.4, -0.2) is 64.9 Å². The van der Waals surface area contributed by atoms with E-state index < -0.39 is 5.97 Å². The van der Waals surface area contributed by atoms with Crippen LogP contribution in [0.5, 0.6) is 0 Å². The molecule has 0 unspecified atom stereocenters. The first-order valence-electron chi connectivity index (χ1n) is 5.46. The molecule has 7 heteroatoms. The highest BCUT2D eigenvalue weighted by atomic mass is 16.6. The largest absolute Gasteiger partial charge is 0.495 e. The lowest BCUT2D eigenvalue weighted by Crippen LogP contribution is -2.11. The molecule has 0 amide bonds. The van der Waals surface area contributed by atoms with Crippen molar-refractivity contribution in [2.24, 2.45) is 0 Å². The first-order valence-corrected chi connectivity index (χ1v) is 5.46. The Bertz CT molecular complexity index is 240. The Morgan fingerprint density at radius 3 is 2.17 bits per heavy atom. The summed E-state index contributed by atoms with van der Waals surface area (Å²) in [7, 11) is 2.60. The van der Waals surface area contributed by atoms with Crippen molar-refractivity contribution >= 4 is 5.97 Å². The van der Waals surface area contributed by atoms with Crippen molar-refractivity contribution < 1.29 is 33.6 Å². The standard InChI is InChI=1S/C11H20O7/c1-14-10(11(13)15-2)9-18-8-7-17-6-5-16-4-3-12/h9,12H,3-8H2,1-2H3. The molecule has 0 fully saturated rings. The van der Waals surface area contributed by atoms with Gasteiger partial charge in [0.05, 0.1) is 47.3 Å². The Kier molecular flexibility index (Phi) is 11.3. The van der Waals surface area contributed by atoms with Crippen LogP contribution in [0.25, 0.3) is 0 Å². The summed E-state index contributed by atoms with van der Waals surface area (Å²) in [5.41, 5.74) is 0. The zero-order valence-corrected chi connectivity index (χ0v) is 10.7. The number of aliphatic hydroxyl groups excluding tert-OH is 1. The van der Waals surface area contributed by atoms with E-state index in [0.717, 1.165) is 0 Å². The van der Waals surface area contributed by atoms with Gasteiger partial charge in [0.25, 0.3) is 0 Å². The van der Waals surface area contributed by atoms with E-state index in [1.54, 1.807) is 0 Å². The molecule has 7 nitrogen and oxygen atoms in total. The van der Waals surface area contributed by atoms with Gasteiger partial charge in [-0.15, -0.1) is 0 Å². The zero-order chi connectivity index (χ0) is 13.6. The minimum Gasteiger partial charge on any atom is -0.495 e. The van der Waals surface area contributed by atoms with Gasteiger partial charge in [0.1, 0.15) is 12.9 Å². The molecule has 106 valence electrons. The molecule has 0 saturated heterocycles. The predicted molar refractivity (Wildman–Crippen MR) is 61.8 cm³/mol. The van der Waals surface area contributed by atoms with Crippen LogP contribution in [-0.2, 0) is 28.5 Å². The quantitative estimate of drug-likeness (QED) is 0.237. The summed E-state index contributed by atoms with van der Waals surface area (Å²) in [6.45, 7) is 1.78. The van der Waals surface area contributed by atoms with Gasteiger partial charge >= 0.3 is 5.97 Å². The van der Waals surface area contributed by atoms with E-state index in [0.29, 0.717) is 26.4 Å². The summed E-state index contributed by atoms with van der Waals surface area (Å²) >= 11 is 0. The fraction of sp³-hybridized carbons (Fsp3) is 0.727. The van der Waals surface area contributed by atoms with Gasteiger partial charge in [0, 0.05) is 0 Å². The molecule has 1 N–H and O–H groups in total. The highest BCUT2D eigenvalue weighted by Gasteiger charge is 2.09. The molecule has 0 rings (SSSR count). The average molecular weight is 264 g/mol. The fourth-order valence-corrected chi connectivity index (χ4v) is 0.908. The van der Waals surface area contributed by atoms with Gasteiger partial charge in [0.2, 0.25) is 5.76 Å². The van der Waals surface area contributed by atoms with Gasteiger partial charge < -0.3 is 28.8 Å². The maximum atomic E-state index is 11.0. The number of methoxy groups -OCH3 is 2. The number of hydrogen-bond donors (Lipinski definition) is 1. The smallest absolute Gasteiger partial charge is 0.376 e. The van der Waals surface area contributed by atoms with Crippen molar-refractivity contribution in [2.45, 2.75) is 0 Å². The summed E-state index contributed by atoms with van der Waals surface area (Å²) in [4.78, 5) is 11.0. The molecule has 0 aliphatic carbocycles. The van der Waals surface area contributed by atoms with Crippen molar-refractivity contribution in [3.8, 4) is 0 Å². The third-order valence-corrected chi connectivity index (χ3v) is 1.75. The van der Waals surface area contributed by atoms with Gasteiger partial charge in [-0.2, -0.15) is 0 Å². The Labute approximate surface area is 106 Å². The molecule has 0 bridgehead atoms. The predicted octanol–water partition coefficient (Wildman–Crippen LogP) is -0.311. The van der Waals surface area contributed by atoms with Crippen molar-refractivity contribution in [3.05, 3.63) is 12.0 Å². The first-order chi connectivity index (χ1) is 8.76. The first kappa shape index (κ1) is 16.7. The monoisotopic (exact) mass is 264 g/mol. The average Bonchev–Trinajstić information content (AvgIpc) is 2.40. The lowest BCUT2D eigenvalue weighted by atomic mass is 10.5. The van der Waals surface area contributed by atoms with E-state index in [-0.39, 0.29) is 19.0 Å². The van der Waals surface area contributed by atoms with E-state index in [1.807, 2.05) is 0 Å². The number of ether oxygens (including phenoxy) is 5. The second-order valence-electron chi connectivity index (χ2n) is 3.00. The normalized spacial score (nSPS) is 11.2. The molecule has 0 aromatic heterocycles. The second kappa shape index (κ2) is 12.2. The number of aliphatic hydroxyl groups is 1. The molecule has 0 aliphatic rings. The number of carbonyl (C=O) groups excluding carboxylic acids is 1. The van der Waals surface area contributed by atoms with E-state index in [1.165, 1.54) is 20.5 Å². The van der Waals surface area contributed by atoms with Crippen LogP contribution >= 0.6 is 0 Å². The van der Waals surface area contributed by atoms with Gasteiger partial charge in [-0.1, -0.05) is 0 Å². The van der Waals surface area contributed by atoms with Crippen LogP contribution in [0.4, 0.5) is 0 Å². The lowest BCUT2D eigenvalue weighted by Gasteiger charge is -2.06. The Balaban J connectivity index is 3.48. The lowest BCUT2D eigenvalue weighted by molar-refractivity contribution is -0.139. The summed E-state index contributed by atoms with van der Waals surface area (Å²) in [5, 5.41) is 8.44. The number of carbonyl (C=O) groups is 1. The molecule has 0 spiro atoms. The molecule has 0 atom stereocenters. The van der Waals surface area contributed by atoms with Crippen LogP contribution in [0.1, 0.15) is 0 Å². The van der Waals surface area contributed by atoms with Crippen molar-refractivity contribution in [1.29, 1.82) is 0 Å². The van der Waals surface area contributed by atoms with Gasteiger partial charge in [-0.05, 0) is 0 Å². The molecule has 0 heterocycles. The zero-order valence-electron chi connectivity index (χ0n) is 10.7. The minimum absolute atomic E-state index is 0.00122. The Hall–Kier alpha value is -1.31. The molecule has 0 radical (unpaired) electrons. The van der Waals surface area contributed by atoms with Gasteiger partial charge in [-0.25, -0.2) is 4.79 Å². The second-order valence-corrected chi connectivity index (χ2v) is 3.00. The molecular formula is C11H20O7. The number of hydrogen-bond acceptors (Lipinski definition) is 7. The topological polar surface area (TPSA) is 83.5 Å². The minimum atomic E-state index is -0.601. The third kappa shape index (κ3) is 8.80. The molecule has 0 aromatic rings. The highest BCUT2D eigenvalue weighted by molar-refractivity contribution is 5.85. The Morgan fingerprint density at radius 2 is 1.61 bits per heavy atom. The maximum Gasteiger partial charge on any atom is 0.376 e. The van der Waals surface area contributed by atoms with Crippen molar-refractivity contribution in [2.75, 3.05) is 53.9 Å². The number of esters is 1. The SMILES string of the molecule is COC(=O)C(=COCCOCCOCCO)OC. The third-order valence-electron chi connectivity index (χ3n) is 1.75. The van der Waals surface area contributed by atoms with Gasteiger partial charge in [0.15, 0.2) is 0 Å². The van der Waals surface area contributed by atoms with Crippen LogP contribution in [0.15, 0.2) is 12.0 Å². The molecule has 0 aromatic carbocycles. The molecular weight excluding hydrogens is 244 g/mol. The van der Waals surface area contributed by atoms with Crippen LogP contribution in [0.3, 0.4) is 0 Å². The maximum absolute atomic E-state index is 11.0. The van der Waals surface area contributed by atoms with E-state index in [9.17, 15) is 4.79 Å². The summed E-state index contributed by atoms with van der Waals surface area (Å²) in [6.07, 6.45) is 1.18. The van der Waals surface area contributed by atoms with Crippen molar-refractivity contribution in [3.63, 3.8) is 0 Å². The van der Waals surface area contributed by atoms with E-state index in [2.05, 4.69) is 4.74 Å². The molecule has 0 saturated carbocycles. The van der Waals surface area contributed by atoms with E-state index in [4.69, 9.17) is 24.1 Å². The van der Waals surface area contributed by atoms with Crippen LogP contribution in [0, 0.1) is 0 Å². The van der Waals surface area contributed by atoms with Crippen LogP contribution in [0.2, 0.25) is 0 Å². The number of rotatable bonds is 11. The van der Waals surface area contributed by atoms with Crippen molar-refractivity contribution in [1.82, 2.24) is 0 Å². The summed E-state index contributed by atoms with van der Waals surface area (Å²) in [5.74, 6) is -0.611. The Morgan fingerprint density at radius 1 is 1.00 bits per heavy atom. The highest BCUT2D eigenvalue weighted by Crippen LogP contribution is 1.98. The van der Waals surface area contributed by atoms with Gasteiger partial charge in [-0.3, -0.25) is 0 Å². The summed E-state index contributed by atoms with van der Waals surface area (Å²) < 4.78 is 24.4. The van der Waals surface area contributed by atoms with E-state index >= 15 is 0 Å². The fourth-order valence-electron chi connectivity index (χ4n) is 0.908. The molecule has 18 heavy (non-hydrogen) atoms. The summed E-state index contributed by atoms with van der Waals surface area (Å²) in [6, 6.07) is 0. The van der Waals surface area contributed by atoms with Crippen LogP contribution < -0.4 is 0 Å².